The Morgan fingerprint density at radius 3 is 3.11 bits per heavy atom. The molecule has 0 unspecified atom stereocenters. The second-order valence-corrected chi connectivity index (χ2v) is 4.91. The zero-order chi connectivity index (χ0) is 13.2. The number of H-pyrrole nitrogens is 1. The van der Waals surface area contributed by atoms with Crippen LogP contribution in [0.4, 0.5) is 5.13 Å². The van der Waals surface area contributed by atoms with Crippen molar-refractivity contribution >= 4 is 33.3 Å². The summed E-state index contributed by atoms with van der Waals surface area (Å²) in [5, 5.41) is 12.8. The highest BCUT2D eigenvalue weighted by molar-refractivity contribution is 7.16. The highest BCUT2D eigenvalue weighted by Gasteiger charge is 2.09. The highest BCUT2D eigenvalue weighted by Crippen LogP contribution is 2.19. The van der Waals surface area contributed by atoms with E-state index in [1.54, 1.807) is 12.1 Å². The molecule has 1 aromatic carbocycles. The monoisotopic (exact) mass is 268 g/mol. The van der Waals surface area contributed by atoms with Gasteiger partial charge in [-0.1, -0.05) is 11.3 Å². The van der Waals surface area contributed by atoms with Crippen molar-refractivity contribution in [2.24, 2.45) is 0 Å². The smallest absolute Gasteiger partial charge is 0.257 e. The van der Waals surface area contributed by atoms with Gasteiger partial charge in [0.2, 0.25) is 0 Å². The third kappa shape index (κ3) is 2.19. The Morgan fingerprint density at radius 1 is 1.42 bits per heavy atom. The minimum atomic E-state index is -0.234. The lowest BCUT2D eigenvalue weighted by atomic mass is 10.1. The summed E-state index contributed by atoms with van der Waals surface area (Å²) in [6.45, 7) is 0. The second-order valence-electron chi connectivity index (χ2n) is 3.88. The van der Waals surface area contributed by atoms with E-state index < -0.39 is 0 Å². The number of hydrogen-bond acceptors (Lipinski definition) is 4. The molecule has 5 nitrogen and oxygen atoms in total. The summed E-state index contributed by atoms with van der Waals surface area (Å²) in [4.78, 5) is 19.5. The van der Waals surface area contributed by atoms with Gasteiger partial charge in [-0.15, -0.1) is 0 Å². The van der Waals surface area contributed by atoms with Crippen LogP contribution in [0.2, 0.25) is 0 Å². The van der Waals surface area contributed by atoms with Crippen molar-refractivity contribution in [2.45, 2.75) is 0 Å². The molecular weight excluding hydrogens is 260 g/mol. The lowest BCUT2D eigenvalue weighted by molar-refractivity contribution is 0.102. The average Bonchev–Trinajstić information content (AvgIpc) is 3.05. The summed E-state index contributed by atoms with van der Waals surface area (Å²) >= 11 is 1.15. The Labute approximate surface area is 112 Å². The molecule has 2 N–H and O–H groups in total. The molecule has 2 heterocycles. The summed E-state index contributed by atoms with van der Waals surface area (Å²) in [6, 6.07) is 9.29. The SMILES string of the molecule is N#Cc1cnc(NC(=O)c2ccc3[nH]ccc3c2)s1. The predicted molar refractivity (Wildman–Crippen MR) is 73.1 cm³/mol. The number of aromatic amines is 1. The maximum atomic E-state index is 12.0. The van der Waals surface area contributed by atoms with Crippen molar-refractivity contribution in [3.8, 4) is 6.07 Å². The molecule has 3 rings (SSSR count). The van der Waals surface area contributed by atoms with Crippen molar-refractivity contribution in [3.63, 3.8) is 0 Å². The fraction of sp³-hybridized carbons (Fsp3) is 0. The van der Waals surface area contributed by atoms with Crippen LogP contribution in [0.1, 0.15) is 15.2 Å². The molecule has 2 aromatic heterocycles. The highest BCUT2D eigenvalue weighted by atomic mass is 32.1. The third-order valence-electron chi connectivity index (χ3n) is 2.65. The minimum absolute atomic E-state index is 0.234. The molecule has 0 atom stereocenters. The fourth-order valence-corrected chi connectivity index (χ4v) is 2.36. The van der Waals surface area contributed by atoms with E-state index >= 15 is 0 Å². The first-order valence-electron chi connectivity index (χ1n) is 5.51. The predicted octanol–water partition coefficient (Wildman–Crippen LogP) is 2.75. The zero-order valence-electron chi connectivity index (χ0n) is 9.68. The van der Waals surface area contributed by atoms with Crippen LogP contribution < -0.4 is 5.32 Å². The topological polar surface area (TPSA) is 81.6 Å². The first-order valence-corrected chi connectivity index (χ1v) is 6.32. The second kappa shape index (κ2) is 4.55. The Hall–Kier alpha value is -2.65. The molecule has 92 valence electrons. The molecule has 1 amide bonds. The van der Waals surface area contributed by atoms with Crippen LogP contribution in [0.15, 0.2) is 36.7 Å². The van der Waals surface area contributed by atoms with Crippen LogP contribution in [-0.2, 0) is 0 Å². The number of fused-ring (bicyclic) bond motifs is 1. The third-order valence-corrected chi connectivity index (χ3v) is 3.47. The van der Waals surface area contributed by atoms with E-state index in [1.165, 1.54) is 6.20 Å². The number of nitrogens with zero attached hydrogens (tertiary/aromatic N) is 2. The van der Waals surface area contributed by atoms with E-state index in [0.29, 0.717) is 15.6 Å². The van der Waals surface area contributed by atoms with E-state index in [4.69, 9.17) is 5.26 Å². The van der Waals surface area contributed by atoms with E-state index in [9.17, 15) is 4.79 Å². The van der Waals surface area contributed by atoms with Crippen LogP contribution in [0, 0.1) is 11.3 Å². The van der Waals surface area contributed by atoms with Gasteiger partial charge in [0.05, 0.1) is 6.20 Å². The van der Waals surface area contributed by atoms with Gasteiger partial charge in [0.25, 0.3) is 5.91 Å². The number of amides is 1. The molecule has 0 radical (unpaired) electrons. The summed E-state index contributed by atoms with van der Waals surface area (Å²) in [7, 11) is 0. The van der Waals surface area contributed by atoms with Gasteiger partial charge in [0, 0.05) is 22.7 Å². The van der Waals surface area contributed by atoms with Crippen molar-refractivity contribution in [1.82, 2.24) is 9.97 Å². The van der Waals surface area contributed by atoms with Gasteiger partial charge in [-0.3, -0.25) is 10.1 Å². The lowest BCUT2D eigenvalue weighted by Crippen LogP contribution is -2.11. The van der Waals surface area contributed by atoms with Gasteiger partial charge in [-0.25, -0.2) is 4.98 Å². The van der Waals surface area contributed by atoms with Crippen LogP contribution in [0.3, 0.4) is 0 Å². The summed E-state index contributed by atoms with van der Waals surface area (Å²) < 4.78 is 0. The van der Waals surface area contributed by atoms with E-state index in [1.807, 2.05) is 24.4 Å². The molecule has 0 fully saturated rings. The van der Waals surface area contributed by atoms with Gasteiger partial charge in [-0.05, 0) is 24.3 Å². The van der Waals surface area contributed by atoms with Crippen molar-refractivity contribution in [2.75, 3.05) is 5.32 Å². The maximum Gasteiger partial charge on any atom is 0.257 e. The number of thiazole rings is 1. The Balaban J connectivity index is 1.85. The average molecular weight is 268 g/mol. The minimum Gasteiger partial charge on any atom is -0.361 e. The number of benzene rings is 1. The molecule has 0 aliphatic rings. The molecule has 0 saturated carbocycles. The number of anilines is 1. The molecule has 6 heteroatoms. The van der Waals surface area contributed by atoms with E-state index in [0.717, 1.165) is 22.2 Å². The van der Waals surface area contributed by atoms with E-state index in [-0.39, 0.29) is 5.91 Å². The van der Waals surface area contributed by atoms with Crippen molar-refractivity contribution < 1.29 is 4.79 Å². The van der Waals surface area contributed by atoms with Gasteiger partial charge in [0.15, 0.2) is 5.13 Å². The Bertz CT molecular complexity index is 796. The van der Waals surface area contributed by atoms with Crippen LogP contribution in [0.25, 0.3) is 10.9 Å². The summed E-state index contributed by atoms with van der Waals surface area (Å²) in [6.07, 6.45) is 3.27. The van der Waals surface area contributed by atoms with Crippen LogP contribution in [-0.4, -0.2) is 15.9 Å². The number of aromatic nitrogens is 2. The molecule has 19 heavy (non-hydrogen) atoms. The Kier molecular flexibility index (Phi) is 2.74. The molecule has 0 saturated heterocycles. The van der Waals surface area contributed by atoms with Crippen molar-refractivity contribution in [1.29, 1.82) is 5.26 Å². The molecule has 3 aromatic rings. The van der Waals surface area contributed by atoms with Gasteiger partial charge >= 0.3 is 0 Å². The van der Waals surface area contributed by atoms with Gasteiger partial charge in [0.1, 0.15) is 10.9 Å². The lowest BCUT2D eigenvalue weighted by Gasteiger charge is -2.01. The largest absolute Gasteiger partial charge is 0.361 e. The maximum absolute atomic E-state index is 12.0. The normalized spacial score (nSPS) is 10.3. The van der Waals surface area contributed by atoms with Crippen LogP contribution in [0.5, 0.6) is 0 Å². The number of nitrogens with one attached hydrogen (secondary N) is 2. The Morgan fingerprint density at radius 2 is 2.32 bits per heavy atom. The van der Waals surface area contributed by atoms with Gasteiger partial charge < -0.3 is 4.98 Å². The first-order chi connectivity index (χ1) is 9.26. The van der Waals surface area contributed by atoms with E-state index in [2.05, 4.69) is 15.3 Å². The number of rotatable bonds is 2. The number of hydrogen-bond donors (Lipinski definition) is 2. The van der Waals surface area contributed by atoms with Crippen molar-refractivity contribution in [3.05, 3.63) is 47.1 Å². The molecule has 0 aliphatic carbocycles. The zero-order valence-corrected chi connectivity index (χ0v) is 10.5. The van der Waals surface area contributed by atoms with Crippen LogP contribution >= 0.6 is 11.3 Å². The van der Waals surface area contributed by atoms with Gasteiger partial charge in [-0.2, -0.15) is 5.26 Å². The molecule has 0 spiro atoms. The number of nitriles is 1. The number of carbonyl (C=O) groups excluding carboxylic acids is 1. The molecule has 0 bridgehead atoms. The quantitative estimate of drug-likeness (QED) is 0.749. The number of carbonyl (C=O) groups is 1. The summed E-state index contributed by atoms with van der Waals surface area (Å²) in [5.74, 6) is -0.234. The molecular formula is C13H8N4OS. The fourth-order valence-electron chi connectivity index (χ4n) is 1.75. The summed E-state index contributed by atoms with van der Waals surface area (Å²) in [5.41, 5.74) is 1.54. The first kappa shape index (κ1) is 11.4. The molecule has 0 aliphatic heterocycles. The standard InChI is InChI=1S/C13H8N4OS/c14-6-10-7-16-13(19-10)17-12(18)9-1-2-11-8(5-9)3-4-15-11/h1-5,7,15H,(H,16,17,18).